The Hall–Kier alpha value is -10.8. The molecule has 0 heterocycles. The van der Waals surface area contributed by atoms with Crippen LogP contribution in [0, 0.1) is 13.8 Å². The van der Waals surface area contributed by atoms with E-state index >= 15 is 0 Å². The zero-order valence-corrected chi connectivity index (χ0v) is 51.2. The molecule has 0 spiro atoms. The number of ketones is 5. The molecule has 3 N–H and O–H groups in total. The van der Waals surface area contributed by atoms with E-state index in [4.69, 9.17) is 38.3 Å². The highest BCUT2D eigenvalue weighted by Crippen LogP contribution is 2.22. The Morgan fingerprint density at radius 1 is 0.438 bits per heavy atom. The third-order valence-electron chi connectivity index (χ3n) is 10.7. The number of carbonyl (C=O) groups is 7. The van der Waals surface area contributed by atoms with E-state index in [1.165, 1.54) is 31.2 Å². The minimum Gasteiger partial charge on any atom is -0.507 e. The molecule has 29 nitrogen and oxygen atoms in total. The van der Waals surface area contributed by atoms with Gasteiger partial charge in [-0.3, -0.25) is 28.7 Å². The number of aliphatic carboxylic acids is 1. The maximum absolute atomic E-state index is 11.6. The van der Waals surface area contributed by atoms with Gasteiger partial charge in [0.05, 0.1) is 45.9 Å². The van der Waals surface area contributed by atoms with Gasteiger partial charge >= 0.3 is 11.9 Å². The van der Waals surface area contributed by atoms with Crippen LogP contribution in [0.5, 0.6) is 0 Å². The van der Waals surface area contributed by atoms with Crippen molar-refractivity contribution >= 4 is 84.2 Å². The highest BCUT2D eigenvalue weighted by atomic mass is 79.9. The summed E-state index contributed by atoms with van der Waals surface area (Å²) >= 11 is 6.76. The average Bonchev–Trinajstić information content (AvgIpc) is 1.18. The Morgan fingerprint density at radius 3 is 0.933 bits per heavy atom. The molecule has 0 atom stereocenters. The quantitative estimate of drug-likeness (QED) is 0.00600. The van der Waals surface area contributed by atoms with Gasteiger partial charge in [-0.05, 0) is 180 Å². The van der Waals surface area contributed by atoms with Crippen molar-refractivity contribution in [1.29, 1.82) is 0 Å². The molecule has 0 saturated heterocycles. The van der Waals surface area contributed by atoms with Gasteiger partial charge in [-0.25, -0.2) is 9.59 Å². The standard InChI is InChI=1S/C14H14N6O4.C12H10N6O4.C10H10Br2O.C10H10N6O.C10H12O.CH4.FH.H2/c1-2-24-14(23)13(22)6-12(21)11-4-9(7-17-19-15)3-10(5-11)8-18-20-16;13-17-15-5-7-1-8(6-16-18-14)3-9(2-7)10(19)4-11(20)12(21)22;1-7(13)10-3-8(5-11)2-9(4-10)6-12;1-7(17)10-3-8(5-13-15-11)2-9(4-10)6-14-16-12;1-7-4-8(2)6-10(5-7)9(3)11;;;/h3-6,21H,2,7-8H2,1H3;1-4,19H,5-6H2,(H,21,22);2-4H,5-6H2,1H3;2-4H,5-6H2,1H3;4-6H,1-3H3;1H4;2*1H/i;;;;;;;1+1. The molecule has 0 unspecified atom stereocenters. The number of carbonyl (C=O) groups excluding carboxylic acids is 6. The second kappa shape index (κ2) is 44.7. The first kappa shape index (κ1) is 80.3. The highest BCUT2D eigenvalue weighted by molar-refractivity contribution is 9.08. The normalized spacial score (nSPS) is 9.71. The van der Waals surface area contributed by atoms with E-state index in [-0.39, 0.29) is 87.9 Å². The number of alkyl halides is 2. The largest absolute Gasteiger partial charge is 0.507 e. The molecule has 0 fully saturated rings. The van der Waals surface area contributed by atoms with Crippen LogP contribution in [0.1, 0.15) is 134 Å². The summed E-state index contributed by atoms with van der Waals surface area (Å²) in [7, 11) is 0. The Morgan fingerprint density at radius 2 is 0.685 bits per heavy atom. The van der Waals surface area contributed by atoms with Crippen molar-refractivity contribution in [2.24, 2.45) is 30.7 Å². The number of esters is 1. The number of aliphatic hydroxyl groups excluding tert-OH is 2. The van der Waals surface area contributed by atoms with Gasteiger partial charge in [-0.15, -0.1) is 0 Å². The van der Waals surface area contributed by atoms with Crippen molar-refractivity contribution in [2.45, 2.75) is 98.9 Å². The Balaban J connectivity index is -0.00000107. The second-order valence-corrected chi connectivity index (χ2v) is 18.7. The maximum atomic E-state index is 11.6. The van der Waals surface area contributed by atoms with Crippen LogP contribution in [0.15, 0.2) is 134 Å². The lowest BCUT2D eigenvalue weighted by atomic mass is 10.0. The number of carboxylic acids is 1. The molecule has 0 aliphatic heterocycles. The smallest absolute Gasteiger partial charge is 0.379 e. The topological polar surface area (TPSA) is 482 Å². The Labute approximate surface area is 527 Å². The van der Waals surface area contributed by atoms with E-state index in [0.717, 1.165) is 61.2 Å². The second-order valence-electron chi connectivity index (χ2n) is 17.6. The van der Waals surface area contributed by atoms with Gasteiger partial charge in [0, 0.05) is 81.5 Å². The van der Waals surface area contributed by atoms with E-state index in [1.54, 1.807) is 51.1 Å². The lowest BCUT2D eigenvalue weighted by Crippen LogP contribution is -2.15. The fraction of sp³-hybridized carbons (Fsp3) is 0.281. The predicted octanol–water partition coefficient (Wildman–Crippen LogP) is 16.9. The number of nitrogens with zero attached hydrogens (tertiary/aromatic N) is 18. The van der Waals surface area contributed by atoms with Gasteiger partial charge in [-0.2, -0.15) is 0 Å². The van der Waals surface area contributed by atoms with Crippen molar-refractivity contribution < 1.29 is 59.7 Å². The van der Waals surface area contributed by atoms with Gasteiger partial charge in [0.25, 0.3) is 11.6 Å². The number of azide groups is 6. The molecule has 89 heavy (non-hydrogen) atoms. The summed E-state index contributed by atoms with van der Waals surface area (Å²) in [5.74, 6) is -5.93. The van der Waals surface area contributed by atoms with Crippen LogP contribution in [0.4, 0.5) is 4.70 Å². The monoisotopic (exact) mass is 1350 g/mol. The Bertz CT molecular complexity index is 3580. The van der Waals surface area contributed by atoms with Gasteiger partial charge in [0.1, 0.15) is 11.5 Å². The number of aryl methyl sites for hydroxylation is 2. The number of rotatable bonds is 24. The van der Waals surface area contributed by atoms with E-state index in [9.17, 15) is 43.8 Å². The summed E-state index contributed by atoms with van der Waals surface area (Å²) in [6.45, 7) is 10.5. The Kier molecular flexibility index (Phi) is 40.3. The van der Waals surface area contributed by atoms with Gasteiger partial charge in [-0.1, -0.05) is 111 Å². The summed E-state index contributed by atoms with van der Waals surface area (Å²) in [4.78, 5) is 93.6. The molecule has 0 saturated carbocycles. The lowest BCUT2D eigenvalue weighted by molar-refractivity contribution is -0.151. The minimum atomic E-state index is -1.70. The predicted molar refractivity (Wildman–Crippen MR) is 341 cm³/mol. The fourth-order valence-electron chi connectivity index (χ4n) is 7.05. The summed E-state index contributed by atoms with van der Waals surface area (Å²) in [6.07, 6.45) is 1.30. The zero-order valence-electron chi connectivity index (χ0n) is 48.0. The summed E-state index contributed by atoms with van der Waals surface area (Å²) < 4.78 is 4.54. The van der Waals surface area contributed by atoms with Gasteiger partial charge in [0.15, 0.2) is 17.3 Å². The van der Waals surface area contributed by atoms with E-state index < -0.39 is 35.0 Å². The number of ether oxygens (including phenoxy) is 1. The molecule has 0 amide bonds. The zero-order chi connectivity index (χ0) is 65.4. The first-order chi connectivity index (χ1) is 41.4. The van der Waals surface area contributed by atoms with Crippen molar-refractivity contribution in [1.82, 2.24) is 0 Å². The summed E-state index contributed by atoms with van der Waals surface area (Å²) in [5, 5.41) is 50.3. The molecular formula is C57H63Br2FN18O11. The third-order valence-corrected chi connectivity index (χ3v) is 12.0. The highest BCUT2D eigenvalue weighted by Gasteiger charge is 2.16. The van der Waals surface area contributed by atoms with Crippen LogP contribution in [0.3, 0.4) is 0 Å². The van der Waals surface area contributed by atoms with Gasteiger partial charge < -0.3 is 20.1 Å². The number of hydrogen-bond acceptors (Lipinski definition) is 16. The van der Waals surface area contributed by atoms with Gasteiger partial charge in [0.2, 0.25) is 0 Å². The number of hydrogen-bond donors (Lipinski definition) is 3. The molecule has 468 valence electrons. The third kappa shape index (κ3) is 32.3. The molecule has 0 aliphatic rings. The fourth-order valence-corrected chi connectivity index (χ4v) is 7.70. The number of Topliss-reactive ketones (excluding diaryl/α,β-unsaturated/α-hetero) is 3. The van der Waals surface area contributed by atoms with Crippen LogP contribution in [0.25, 0.3) is 74.2 Å². The SMILES string of the molecule is C.CC(=O)c1cc(C)cc(C)c1.CC(=O)c1cc(CBr)cc(CBr)c1.CC(=O)c1cc(CN=[N+]=[N-])cc(CN=[N+]=[N-])c1.CCOC(=O)C(=O)C=C(O)c1cc(CN=[N+]=[N-])cc(CN=[N+]=[N-])c1.F.[2HH].[N-]=[N+]=NCc1cc(CN=[N+]=[N-])cc(C(O)=CC(=O)C(=O)O)c1. The number of aliphatic hydroxyl groups is 2. The van der Waals surface area contributed by atoms with Crippen LogP contribution in [-0.2, 0) is 73.8 Å². The van der Waals surface area contributed by atoms with Crippen LogP contribution >= 0.6 is 31.9 Å². The van der Waals surface area contributed by atoms with Crippen LogP contribution in [0.2, 0.25) is 0 Å². The minimum absolute atomic E-state index is 0. The number of benzene rings is 5. The number of carboxylic acid groups (broad SMARTS) is 1. The van der Waals surface area contributed by atoms with E-state index in [2.05, 4.69) is 109 Å². The molecule has 0 aliphatic carbocycles. The van der Waals surface area contributed by atoms with E-state index in [1.807, 2.05) is 38.1 Å². The molecule has 5 aromatic rings. The lowest BCUT2D eigenvalue weighted by Gasteiger charge is -2.07. The van der Waals surface area contributed by atoms with Crippen molar-refractivity contribution in [2.75, 3.05) is 6.61 Å². The number of halogens is 3. The summed E-state index contributed by atoms with van der Waals surface area (Å²) in [5.41, 5.74) is 60.4. The van der Waals surface area contributed by atoms with Crippen molar-refractivity contribution in [3.63, 3.8) is 0 Å². The molecular weight excluding hydrogens is 1290 g/mol. The molecule has 0 aromatic heterocycles. The van der Waals surface area contributed by atoms with Crippen LogP contribution in [-0.4, -0.2) is 62.8 Å². The average molecular weight is 1360 g/mol. The molecule has 5 aromatic carbocycles. The van der Waals surface area contributed by atoms with Crippen molar-refractivity contribution in [3.8, 4) is 0 Å². The van der Waals surface area contributed by atoms with Crippen molar-refractivity contribution in [3.05, 3.63) is 249 Å². The molecule has 0 bridgehead atoms. The summed E-state index contributed by atoms with van der Waals surface area (Å²) in [6, 6.07) is 25.9. The molecule has 0 radical (unpaired) electrons. The molecule has 32 heteroatoms. The van der Waals surface area contributed by atoms with E-state index in [0.29, 0.717) is 33.9 Å². The first-order valence-corrected chi connectivity index (χ1v) is 27.3. The first-order valence-electron chi connectivity index (χ1n) is 25.0. The van der Waals surface area contributed by atoms with Crippen LogP contribution < -0.4 is 0 Å². The maximum Gasteiger partial charge on any atom is 0.379 e. The molecule has 5 rings (SSSR count).